The fourth-order valence-corrected chi connectivity index (χ4v) is 2.35. The van der Waals surface area contributed by atoms with E-state index in [1.165, 1.54) is 26.2 Å². The number of anilines is 1. The summed E-state index contributed by atoms with van der Waals surface area (Å²) in [6.07, 6.45) is 0. The molecule has 0 heterocycles. The van der Waals surface area contributed by atoms with Crippen LogP contribution in [0.4, 0.5) is 5.69 Å². The number of hydrogen-bond acceptors (Lipinski definition) is 4. The van der Waals surface area contributed by atoms with Crippen LogP contribution in [0.3, 0.4) is 0 Å². The highest BCUT2D eigenvalue weighted by atomic mass is 32.2. The molecule has 1 N–H and O–H groups in total. The van der Waals surface area contributed by atoms with E-state index < -0.39 is 10.0 Å². The van der Waals surface area contributed by atoms with Crippen molar-refractivity contribution in [3.63, 3.8) is 0 Å². The molecule has 0 aliphatic heterocycles. The lowest BCUT2D eigenvalue weighted by atomic mass is 10.3. The monoisotopic (exact) mass is 299 g/mol. The number of carbonyl (C=O) groups excluding carboxylic acids is 1. The van der Waals surface area contributed by atoms with Crippen LogP contribution in [-0.4, -0.2) is 57.8 Å². The first-order valence-electron chi connectivity index (χ1n) is 6.29. The van der Waals surface area contributed by atoms with Gasteiger partial charge in [-0.25, -0.2) is 12.7 Å². The van der Waals surface area contributed by atoms with Gasteiger partial charge in [0.2, 0.25) is 15.9 Å². The lowest BCUT2D eigenvalue weighted by Gasteiger charge is -2.15. The van der Waals surface area contributed by atoms with Gasteiger partial charge in [0.15, 0.2) is 0 Å². The van der Waals surface area contributed by atoms with Gasteiger partial charge in [-0.15, -0.1) is 0 Å². The van der Waals surface area contributed by atoms with Gasteiger partial charge in [0.05, 0.1) is 11.4 Å². The summed E-state index contributed by atoms with van der Waals surface area (Å²) in [5.41, 5.74) is 0.709. The van der Waals surface area contributed by atoms with E-state index in [9.17, 15) is 13.2 Å². The second-order valence-corrected chi connectivity index (χ2v) is 6.73. The van der Waals surface area contributed by atoms with Crippen molar-refractivity contribution in [2.24, 2.45) is 0 Å². The topological polar surface area (TPSA) is 69.7 Å². The Labute approximate surface area is 120 Å². The average Bonchev–Trinajstić information content (AvgIpc) is 2.44. The molecule has 0 fully saturated rings. The van der Waals surface area contributed by atoms with Crippen molar-refractivity contribution in [3.05, 3.63) is 24.3 Å². The highest BCUT2D eigenvalue weighted by Gasteiger charge is 2.16. The number of carbonyl (C=O) groups is 1. The van der Waals surface area contributed by atoms with Gasteiger partial charge in [0.25, 0.3) is 0 Å². The molecule has 1 aromatic carbocycles. The third-order valence-electron chi connectivity index (χ3n) is 2.98. The molecule has 20 heavy (non-hydrogen) atoms. The second-order valence-electron chi connectivity index (χ2n) is 4.57. The first kappa shape index (κ1) is 16.5. The maximum absolute atomic E-state index is 11.9. The molecule has 0 bridgehead atoms. The highest BCUT2D eigenvalue weighted by molar-refractivity contribution is 7.89. The van der Waals surface area contributed by atoms with Gasteiger partial charge in [-0.2, -0.15) is 0 Å². The smallest absolute Gasteiger partial charge is 0.242 e. The van der Waals surface area contributed by atoms with Crippen LogP contribution >= 0.6 is 0 Å². The minimum absolute atomic E-state index is 0.0162. The molecule has 0 unspecified atom stereocenters. The molecular weight excluding hydrogens is 278 g/mol. The van der Waals surface area contributed by atoms with E-state index >= 15 is 0 Å². The van der Waals surface area contributed by atoms with Gasteiger partial charge >= 0.3 is 0 Å². The summed E-state index contributed by atoms with van der Waals surface area (Å²) in [6, 6.07) is 6.34. The Kier molecular flexibility index (Phi) is 5.52. The number of nitrogens with zero attached hydrogens (tertiary/aromatic N) is 2. The highest BCUT2D eigenvalue weighted by Crippen LogP contribution is 2.16. The molecular formula is C13H21N3O3S. The Morgan fingerprint density at radius 2 is 1.70 bits per heavy atom. The lowest BCUT2D eigenvalue weighted by Crippen LogP contribution is -2.31. The van der Waals surface area contributed by atoms with Crippen LogP contribution in [-0.2, 0) is 14.8 Å². The van der Waals surface area contributed by atoms with Gasteiger partial charge in [-0.1, -0.05) is 0 Å². The van der Waals surface area contributed by atoms with Gasteiger partial charge < -0.3 is 10.2 Å². The van der Waals surface area contributed by atoms with Crippen molar-refractivity contribution >= 4 is 21.6 Å². The molecule has 0 atom stereocenters. The molecule has 6 nitrogen and oxygen atoms in total. The van der Waals surface area contributed by atoms with Crippen molar-refractivity contribution in [1.29, 1.82) is 0 Å². The van der Waals surface area contributed by atoms with Gasteiger partial charge in [0.1, 0.15) is 0 Å². The van der Waals surface area contributed by atoms with E-state index in [0.717, 1.165) is 4.31 Å². The first-order chi connectivity index (χ1) is 9.28. The predicted molar refractivity (Wildman–Crippen MR) is 79.1 cm³/mol. The third-order valence-corrected chi connectivity index (χ3v) is 4.81. The lowest BCUT2D eigenvalue weighted by molar-refractivity contribution is -0.127. The maximum atomic E-state index is 11.9. The second kappa shape index (κ2) is 6.71. The molecule has 0 spiro atoms. The standard InChI is InChI=1S/C13H21N3O3S/c1-5-16(4)13(17)10-14-11-6-8-12(9-7-11)20(18,19)15(2)3/h6-9,14H,5,10H2,1-4H3. The zero-order chi connectivity index (χ0) is 15.3. The minimum atomic E-state index is -3.41. The molecule has 1 aromatic rings. The van der Waals surface area contributed by atoms with Gasteiger partial charge in [-0.3, -0.25) is 4.79 Å². The van der Waals surface area contributed by atoms with Crippen LogP contribution in [0.2, 0.25) is 0 Å². The number of amides is 1. The molecule has 0 aliphatic carbocycles. The molecule has 0 aromatic heterocycles. The Balaban J connectivity index is 2.71. The summed E-state index contributed by atoms with van der Waals surface area (Å²) in [5, 5.41) is 2.97. The van der Waals surface area contributed by atoms with Crippen molar-refractivity contribution in [1.82, 2.24) is 9.21 Å². The van der Waals surface area contributed by atoms with Crippen molar-refractivity contribution in [2.75, 3.05) is 39.5 Å². The van der Waals surface area contributed by atoms with Crippen LogP contribution in [0.15, 0.2) is 29.2 Å². The predicted octanol–water partition coefficient (Wildman–Crippen LogP) is 0.827. The quantitative estimate of drug-likeness (QED) is 0.844. The molecule has 0 aliphatic rings. The van der Waals surface area contributed by atoms with Crippen molar-refractivity contribution in [3.8, 4) is 0 Å². The van der Waals surface area contributed by atoms with Crippen LogP contribution < -0.4 is 5.32 Å². The van der Waals surface area contributed by atoms with Gasteiger partial charge in [0, 0.05) is 33.4 Å². The Morgan fingerprint density at radius 1 is 1.15 bits per heavy atom. The number of nitrogens with one attached hydrogen (secondary N) is 1. The van der Waals surface area contributed by atoms with Crippen LogP contribution in [0, 0.1) is 0 Å². The number of sulfonamides is 1. The Bertz CT molecular complexity index is 553. The van der Waals surface area contributed by atoms with E-state index in [1.807, 2.05) is 6.92 Å². The summed E-state index contributed by atoms with van der Waals surface area (Å²) in [6.45, 7) is 2.74. The number of benzene rings is 1. The summed E-state index contributed by atoms with van der Waals surface area (Å²) in [5.74, 6) is -0.0162. The number of hydrogen-bond donors (Lipinski definition) is 1. The number of rotatable bonds is 6. The van der Waals surface area contributed by atoms with Crippen LogP contribution in [0.1, 0.15) is 6.92 Å². The summed E-state index contributed by atoms with van der Waals surface area (Å²) < 4.78 is 24.9. The summed E-state index contributed by atoms with van der Waals surface area (Å²) >= 11 is 0. The van der Waals surface area contributed by atoms with E-state index in [0.29, 0.717) is 12.2 Å². The fraction of sp³-hybridized carbons (Fsp3) is 0.462. The van der Waals surface area contributed by atoms with Crippen LogP contribution in [0.25, 0.3) is 0 Å². The molecule has 1 amide bonds. The van der Waals surface area contributed by atoms with E-state index in [1.54, 1.807) is 24.1 Å². The van der Waals surface area contributed by atoms with Crippen molar-refractivity contribution < 1.29 is 13.2 Å². The minimum Gasteiger partial charge on any atom is -0.376 e. The van der Waals surface area contributed by atoms with E-state index in [-0.39, 0.29) is 17.3 Å². The normalized spacial score (nSPS) is 11.4. The fourth-order valence-electron chi connectivity index (χ4n) is 1.44. The molecule has 0 radical (unpaired) electrons. The van der Waals surface area contributed by atoms with Crippen molar-refractivity contribution in [2.45, 2.75) is 11.8 Å². The molecule has 0 saturated carbocycles. The SMILES string of the molecule is CCN(C)C(=O)CNc1ccc(S(=O)(=O)N(C)C)cc1. The van der Waals surface area contributed by atoms with Crippen LogP contribution in [0.5, 0.6) is 0 Å². The molecule has 7 heteroatoms. The zero-order valence-corrected chi connectivity index (χ0v) is 13.1. The van der Waals surface area contributed by atoms with E-state index in [2.05, 4.69) is 5.32 Å². The largest absolute Gasteiger partial charge is 0.376 e. The summed E-state index contributed by atoms with van der Waals surface area (Å²) in [7, 11) is 1.29. The Hall–Kier alpha value is -1.60. The van der Waals surface area contributed by atoms with E-state index in [4.69, 9.17) is 0 Å². The molecule has 1 rings (SSSR count). The first-order valence-corrected chi connectivity index (χ1v) is 7.73. The van der Waals surface area contributed by atoms with Gasteiger partial charge in [-0.05, 0) is 31.2 Å². The maximum Gasteiger partial charge on any atom is 0.242 e. The Morgan fingerprint density at radius 3 is 2.15 bits per heavy atom. The average molecular weight is 299 g/mol. The summed E-state index contributed by atoms with van der Waals surface area (Å²) in [4.78, 5) is 13.5. The molecule has 112 valence electrons. The molecule has 0 saturated heterocycles. The zero-order valence-electron chi connectivity index (χ0n) is 12.3. The number of likely N-dealkylation sites (N-methyl/N-ethyl adjacent to an activating group) is 1. The third kappa shape index (κ3) is 3.94.